The van der Waals surface area contributed by atoms with E-state index in [1.165, 1.54) is 0 Å². The largest absolute Gasteiger partial charge is 0.508 e. The minimum Gasteiger partial charge on any atom is -0.508 e. The lowest BCUT2D eigenvalue weighted by Crippen LogP contribution is -2.25. The Morgan fingerprint density at radius 1 is 1.11 bits per heavy atom. The Balaban J connectivity index is 1.48. The van der Waals surface area contributed by atoms with Gasteiger partial charge in [0.15, 0.2) is 6.79 Å². The van der Waals surface area contributed by atoms with Crippen molar-refractivity contribution < 1.29 is 24.4 Å². The van der Waals surface area contributed by atoms with Crippen molar-refractivity contribution in [1.82, 2.24) is 0 Å². The minimum atomic E-state index is 0.183. The topological polar surface area (TPSA) is 68.2 Å². The van der Waals surface area contributed by atoms with Crippen LogP contribution in [0.2, 0.25) is 0 Å². The van der Waals surface area contributed by atoms with Crippen molar-refractivity contribution in [3.8, 4) is 17.2 Å². The monoisotopic (exact) mass is 372 g/mol. The predicted octanol–water partition coefficient (Wildman–Crippen LogP) is 4.37. The van der Waals surface area contributed by atoms with Gasteiger partial charge >= 0.3 is 0 Å². The molecule has 0 aromatic heterocycles. The van der Waals surface area contributed by atoms with Crippen LogP contribution in [-0.2, 0) is 15.9 Å². The van der Waals surface area contributed by atoms with Crippen molar-refractivity contribution in [2.24, 2.45) is 0 Å². The third-order valence-electron chi connectivity index (χ3n) is 4.99. The highest BCUT2D eigenvalue weighted by molar-refractivity contribution is 5.42. The van der Waals surface area contributed by atoms with Gasteiger partial charge in [0.25, 0.3) is 0 Å². The summed E-state index contributed by atoms with van der Waals surface area (Å²) < 4.78 is 16.6. The summed E-state index contributed by atoms with van der Waals surface area (Å²) in [4.78, 5) is 0. The van der Waals surface area contributed by atoms with E-state index in [1.807, 2.05) is 31.2 Å². The number of hydrogen-bond donors (Lipinski definition) is 2. The van der Waals surface area contributed by atoms with Crippen LogP contribution in [0.4, 0.5) is 0 Å². The average molecular weight is 372 g/mol. The molecular formula is C22H28O5. The molecule has 1 heterocycles. The van der Waals surface area contributed by atoms with Crippen LogP contribution >= 0.6 is 0 Å². The molecule has 1 aliphatic heterocycles. The lowest BCUT2D eigenvalue weighted by Gasteiger charge is -2.30. The maximum atomic E-state index is 10.3. The molecule has 2 unspecified atom stereocenters. The van der Waals surface area contributed by atoms with Gasteiger partial charge in [0.1, 0.15) is 17.2 Å². The molecule has 5 heteroatoms. The number of rotatable bonds is 8. The number of phenolic OH excluding ortho intramolecular Hbond substituents is 2. The highest BCUT2D eigenvalue weighted by Crippen LogP contribution is 2.36. The maximum absolute atomic E-state index is 10.3. The molecule has 0 radical (unpaired) electrons. The first-order valence-electron chi connectivity index (χ1n) is 9.58. The minimum absolute atomic E-state index is 0.183. The molecule has 0 saturated carbocycles. The fraction of sp³-hybridized carbons (Fsp3) is 0.455. The van der Waals surface area contributed by atoms with E-state index in [0.717, 1.165) is 36.8 Å². The van der Waals surface area contributed by atoms with E-state index < -0.39 is 0 Å². The molecule has 2 N–H and O–H groups in total. The molecule has 2 aromatic rings. The Morgan fingerprint density at radius 3 is 2.70 bits per heavy atom. The molecule has 1 saturated heterocycles. The zero-order chi connectivity index (χ0) is 19.1. The third-order valence-corrected chi connectivity index (χ3v) is 4.99. The number of phenols is 2. The third kappa shape index (κ3) is 5.62. The van der Waals surface area contributed by atoms with Crippen LogP contribution in [-0.4, -0.2) is 36.3 Å². The van der Waals surface area contributed by atoms with E-state index in [9.17, 15) is 10.2 Å². The van der Waals surface area contributed by atoms with Crippen LogP contribution < -0.4 is 4.74 Å². The second-order valence-electron chi connectivity index (χ2n) is 6.91. The van der Waals surface area contributed by atoms with Gasteiger partial charge < -0.3 is 24.4 Å². The molecule has 1 fully saturated rings. The summed E-state index contributed by atoms with van der Waals surface area (Å²) in [5, 5.41) is 19.9. The standard InChI is InChI=1S/C22H28O5/c1-2-25-15-27-20-10-11-21(22(24)13-20)17-7-9-19(26-14-17)8-6-16-4-3-5-18(23)12-16/h3-5,10-13,17,19,23-24H,2,6-9,14-15H2,1H3. The summed E-state index contributed by atoms with van der Waals surface area (Å²) in [6.07, 6.45) is 4.00. The first-order chi connectivity index (χ1) is 13.2. The number of hydrogen-bond acceptors (Lipinski definition) is 5. The summed E-state index contributed by atoms with van der Waals surface area (Å²) in [5.41, 5.74) is 2.03. The van der Waals surface area contributed by atoms with Crippen LogP contribution in [0.15, 0.2) is 42.5 Å². The fourth-order valence-electron chi connectivity index (χ4n) is 3.47. The highest BCUT2D eigenvalue weighted by Gasteiger charge is 2.25. The van der Waals surface area contributed by atoms with E-state index in [0.29, 0.717) is 24.7 Å². The Kier molecular flexibility index (Phi) is 6.96. The molecule has 2 atom stereocenters. The molecule has 0 amide bonds. The van der Waals surface area contributed by atoms with E-state index >= 15 is 0 Å². The van der Waals surface area contributed by atoms with Crippen molar-refractivity contribution in [2.75, 3.05) is 20.0 Å². The van der Waals surface area contributed by atoms with Gasteiger partial charge in [-0.2, -0.15) is 0 Å². The van der Waals surface area contributed by atoms with Gasteiger partial charge in [0.2, 0.25) is 0 Å². The van der Waals surface area contributed by atoms with Crippen molar-refractivity contribution in [2.45, 2.75) is 44.6 Å². The van der Waals surface area contributed by atoms with Gasteiger partial charge in [-0.25, -0.2) is 0 Å². The van der Waals surface area contributed by atoms with Crippen LogP contribution in [0, 0.1) is 0 Å². The van der Waals surface area contributed by atoms with Crippen LogP contribution in [0.3, 0.4) is 0 Å². The first-order valence-corrected chi connectivity index (χ1v) is 9.58. The molecule has 5 nitrogen and oxygen atoms in total. The number of ether oxygens (including phenoxy) is 3. The summed E-state index contributed by atoms with van der Waals surface area (Å²) in [6.45, 7) is 3.29. The summed E-state index contributed by atoms with van der Waals surface area (Å²) >= 11 is 0. The maximum Gasteiger partial charge on any atom is 0.189 e. The molecule has 3 rings (SSSR count). The van der Waals surface area contributed by atoms with E-state index in [4.69, 9.17) is 14.2 Å². The Labute approximate surface area is 160 Å². The van der Waals surface area contributed by atoms with E-state index in [-0.39, 0.29) is 24.6 Å². The number of aryl methyl sites for hydroxylation is 1. The van der Waals surface area contributed by atoms with Crippen LogP contribution in [0.25, 0.3) is 0 Å². The number of aromatic hydroxyl groups is 2. The summed E-state index contributed by atoms with van der Waals surface area (Å²) in [6, 6.07) is 12.8. The second-order valence-corrected chi connectivity index (χ2v) is 6.91. The van der Waals surface area contributed by atoms with Gasteiger partial charge in [-0.1, -0.05) is 18.2 Å². The van der Waals surface area contributed by atoms with Gasteiger partial charge in [0, 0.05) is 18.6 Å². The average Bonchev–Trinajstić information content (AvgIpc) is 2.67. The number of benzene rings is 2. The van der Waals surface area contributed by atoms with Gasteiger partial charge in [-0.15, -0.1) is 0 Å². The first kappa shape index (κ1) is 19.5. The predicted molar refractivity (Wildman–Crippen MR) is 103 cm³/mol. The molecular weight excluding hydrogens is 344 g/mol. The van der Waals surface area contributed by atoms with Crippen molar-refractivity contribution in [3.63, 3.8) is 0 Å². The second kappa shape index (κ2) is 9.62. The summed E-state index contributed by atoms with van der Waals surface area (Å²) in [7, 11) is 0. The summed E-state index contributed by atoms with van der Waals surface area (Å²) in [5.74, 6) is 1.35. The van der Waals surface area contributed by atoms with Crippen molar-refractivity contribution >= 4 is 0 Å². The lowest BCUT2D eigenvalue weighted by molar-refractivity contribution is -0.00104. The zero-order valence-corrected chi connectivity index (χ0v) is 15.8. The smallest absolute Gasteiger partial charge is 0.189 e. The molecule has 27 heavy (non-hydrogen) atoms. The van der Waals surface area contributed by atoms with E-state index in [1.54, 1.807) is 18.2 Å². The molecule has 1 aliphatic rings. The van der Waals surface area contributed by atoms with Crippen LogP contribution in [0.1, 0.15) is 43.2 Å². The molecule has 0 spiro atoms. The Hall–Kier alpha value is -2.24. The van der Waals surface area contributed by atoms with Crippen LogP contribution in [0.5, 0.6) is 17.2 Å². The zero-order valence-electron chi connectivity index (χ0n) is 15.8. The highest BCUT2D eigenvalue weighted by atomic mass is 16.7. The normalized spacial score (nSPS) is 19.7. The van der Waals surface area contributed by atoms with Crippen molar-refractivity contribution in [1.29, 1.82) is 0 Å². The molecule has 2 aromatic carbocycles. The van der Waals surface area contributed by atoms with E-state index in [2.05, 4.69) is 0 Å². The van der Waals surface area contributed by atoms with Gasteiger partial charge in [-0.05, 0) is 61.9 Å². The Bertz CT molecular complexity index is 722. The quantitative estimate of drug-likeness (QED) is 0.532. The lowest BCUT2D eigenvalue weighted by atomic mass is 9.89. The molecule has 0 bridgehead atoms. The molecule has 146 valence electrons. The van der Waals surface area contributed by atoms with Crippen molar-refractivity contribution in [3.05, 3.63) is 53.6 Å². The van der Waals surface area contributed by atoms with Gasteiger partial charge in [0.05, 0.1) is 12.7 Å². The molecule has 0 aliphatic carbocycles. The Morgan fingerprint density at radius 2 is 2.00 bits per heavy atom. The fourth-order valence-corrected chi connectivity index (χ4v) is 3.47. The SMILES string of the molecule is CCOCOc1ccc(C2CCC(CCc3cccc(O)c3)OC2)c(O)c1. The van der Waals surface area contributed by atoms with Gasteiger partial charge in [-0.3, -0.25) is 0 Å².